The number of carbonyl (C=O) groups excluding carboxylic acids is 1. The molecule has 2 aliphatic rings. The summed E-state index contributed by atoms with van der Waals surface area (Å²) in [6, 6.07) is 9.52. The van der Waals surface area contributed by atoms with E-state index in [2.05, 4.69) is 14.9 Å². The topological polar surface area (TPSA) is 58.6 Å². The lowest BCUT2D eigenvalue weighted by molar-refractivity contribution is 0.0691. The fraction of sp³-hybridized carbons (Fsp3) is 0.421. The lowest BCUT2D eigenvalue weighted by Crippen LogP contribution is -2.43. The summed E-state index contributed by atoms with van der Waals surface area (Å²) in [5, 5.41) is 0. The number of aromatic nitrogens is 2. The van der Waals surface area contributed by atoms with Crippen molar-refractivity contribution in [3.63, 3.8) is 0 Å². The Morgan fingerprint density at radius 2 is 1.96 bits per heavy atom. The first-order valence-corrected chi connectivity index (χ1v) is 8.69. The zero-order valence-electron chi connectivity index (χ0n) is 14.2. The number of anilines is 1. The maximum Gasteiger partial charge on any atom is 0.254 e. The summed E-state index contributed by atoms with van der Waals surface area (Å²) in [7, 11) is 0. The summed E-state index contributed by atoms with van der Waals surface area (Å²) in [6.45, 7) is 4.43. The van der Waals surface area contributed by atoms with E-state index in [-0.39, 0.29) is 11.3 Å². The van der Waals surface area contributed by atoms with Gasteiger partial charge < -0.3 is 14.5 Å². The molecule has 25 heavy (non-hydrogen) atoms. The van der Waals surface area contributed by atoms with Crippen molar-refractivity contribution >= 4 is 11.7 Å². The van der Waals surface area contributed by atoms with Crippen LogP contribution in [0.1, 0.15) is 16.8 Å². The summed E-state index contributed by atoms with van der Waals surface area (Å²) in [4.78, 5) is 25.5. The van der Waals surface area contributed by atoms with Gasteiger partial charge in [-0.05, 0) is 30.7 Å². The first-order valence-electron chi connectivity index (χ1n) is 8.69. The predicted octanol–water partition coefficient (Wildman–Crippen LogP) is 1.85. The van der Waals surface area contributed by atoms with E-state index in [9.17, 15) is 4.79 Å². The van der Waals surface area contributed by atoms with Crippen LogP contribution in [0.3, 0.4) is 0 Å². The number of rotatable bonds is 2. The van der Waals surface area contributed by atoms with E-state index in [1.54, 1.807) is 24.5 Å². The van der Waals surface area contributed by atoms with E-state index >= 15 is 0 Å². The van der Waals surface area contributed by atoms with Gasteiger partial charge in [-0.15, -0.1) is 0 Å². The molecule has 0 radical (unpaired) electrons. The van der Waals surface area contributed by atoms with Gasteiger partial charge in [-0.25, -0.2) is 4.98 Å². The highest BCUT2D eigenvalue weighted by Gasteiger charge is 2.42. The molecule has 1 spiro atoms. The van der Waals surface area contributed by atoms with Crippen LogP contribution < -0.4 is 4.90 Å². The number of amides is 1. The zero-order valence-corrected chi connectivity index (χ0v) is 14.2. The third-order valence-electron chi connectivity index (χ3n) is 5.07. The van der Waals surface area contributed by atoms with Crippen LogP contribution in [0.4, 0.5) is 5.82 Å². The summed E-state index contributed by atoms with van der Waals surface area (Å²) in [6.07, 6.45) is 6.15. The van der Waals surface area contributed by atoms with Crippen LogP contribution in [0.2, 0.25) is 0 Å². The molecule has 2 aliphatic heterocycles. The van der Waals surface area contributed by atoms with Gasteiger partial charge in [0.25, 0.3) is 5.91 Å². The molecule has 4 heterocycles. The molecule has 2 aromatic rings. The molecule has 0 N–H and O–H groups in total. The minimum Gasteiger partial charge on any atom is -0.379 e. The molecule has 2 aromatic heterocycles. The van der Waals surface area contributed by atoms with Gasteiger partial charge in [0, 0.05) is 55.7 Å². The van der Waals surface area contributed by atoms with Crippen molar-refractivity contribution in [3.8, 4) is 0 Å². The molecule has 0 saturated carbocycles. The molecular formula is C19H22N4O2. The van der Waals surface area contributed by atoms with Gasteiger partial charge in [0.2, 0.25) is 0 Å². The van der Waals surface area contributed by atoms with E-state index in [0.29, 0.717) is 25.3 Å². The molecular weight excluding hydrogens is 316 g/mol. The van der Waals surface area contributed by atoms with Gasteiger partial charge in [0.15, 0.2) is 0 Å². The summed E-state index contributed by atoms with van der Waals surface area (Å²) in [5.74, 6) is 1.05. The number of ether oxygens (including phenoxy) is 1. The maximum atomic E-state index is 12.9. The minimum absolute atomic E-state index is 0.0310. The molecule has 1 atom stereocenters. The fourth-order valence-corrected chi connectivity index (χ4v) is 3.76. The van der Waals surface area contributed by atoms with E-state index < -0.39 is 0 Å². The first-order chi connectivity index (χ1) is 12.3. The smallest absolute Gasteiger partial charge is 0.254 e. The lowest BCUT2D eigenvalue weighted by atomic mass is 9.87. The van der Waals surface area contributed by atoms with Crippen molar-refractivity contribution in [3.05, 3.63) is 54.5 Å². The van der Waals surface area contributed by atoms with Crippen molar-refractivity contribution < 1.29 is 9.53 Å². The number of carbonyl (C=O) groups is 1. The monoisotopic (exact) mass is 338 g/mol. The molecule has 4 rings (SSSR count). The molecule has 130 valence electrons. The molecule has 0 unspecified atom stereocenters. The molecule has 6 heteroatoms. The average Bonchev–Trinajstić information content (AvgIpc) is 2.97. The number of hydrogen-bond acceptors (Lipinski definition) is 5. The molecule has 1 amide bonds. The van der Waals surface area contributed by atoms with Crippen LogP contribution in [-0.2, 0) is 4.74 Å². The summed E-state index contributed by atoms with van der Waals surface area (Å²) in [5.41, 5.74) is 0.656. The van der Waals surface area contributed by atoms with Crippen LogP contribution >= 0.6 is 0 Å². The Kier molecular flexibility index (Phi) is 4.36. The second kappa shape index (κ2) is 6.80. The van der Waals surface area contributed by atoms with Crippen LogP contribution in [0.25, 0.3) is 0 Å². The number of nitrogens with zero attached hydrogens (tertiary/aromatic N) is 4. The van der Waals surface area contributed by atoms with Crippen molar-refractivity contribution in [1.29, 1.82) is 0 Å². The molecule has 0 aliphatic carbocycles. The fourth-order valence-electron chi connectivity index (χ4n) is 3.76. The van der Waals surface area contributed by atoms with Gasteiger partial charge in [-0.3, -0.25) is 9.78 Å². The normalized spacial score (nSPS) is 23.7. The maximum absolute atomic E-state index is 12.9. The summed E-state index contributed by atoms with van der Waals surface area (Å²) < 4.78 is 5.88. The predicted molar refractivity (Wildman–Crippen MR) is 94.5 cm³/mol. The highest BCUT2D eigenvalue weighted by atomic mass is 16.5. The molecule has 2 saturated heterocycles. The Morgan fingerprint density at radius 1 is 1.08 bits per heavy atom. The van der Waals surface area contributed by atoms with E-state index in [0.717, 1.165) is 31.9 Å². The van der Waals surface area contributed by atoms with Crippen molar-refractivity contribution in [2.45, 2.75) is 6.42 Å². The average molecular weight is 338 g/mol. The van der Waals surface area contributed by atoms with Crippen LogP contribution in [0, 0.1) is 5.41 Å². The standard InChI is InChI=1S/C19H22N4O2/c24-18(16-4-8-20-9-5-16)23-11-12-25-15-19(14-23)6-10-22(13-19)17-3-1-2-7-21-17/h1-5,7-9H,6,10-15H2/t19-/m0/s1. The Morgan fingerprint density at radius 3 is 2.76 bits per heavy atom. The SMILES string of the molecule is O=C(c1ccncc1)N1CCOC[C@]2(CCN(c3ccccn3)C2)C1. The van der Waals surface area contributed by atoms with Gasteiger partial charge in [-0.2, -0.15) is 0 Å². The van der Waals surface area contributed by atoms with Crippen molar-refractivity contribution in [1.82, 2.24) is 14.9 Å². The van der Waals surface area contributed by atoms with Crippen LogP contribution in [0.5, 0.6) is 0 Å². The second-order valence-electron chi connectivity index (χ2n) is 6.87. The highest BCUT2D eigenvalue weighted by molar-refractivity contribution is 5.94. The van der Waals surface area contributed by atoms with Crippen molar-refractivity contribution in [2.24, 2.45) is 5.41 Å². The third kappa shape index (κ3) is 3.35. The summed E-state index contributed by atoms with van der Waals surface area (Å²) >= 11 is 0. The molecule has 2 fully saturated rings. The van der Waals surface area contributed by atoms with Crippen LogP contribution in [0.15, 0.2) is 48.9 Å². The Bertz CT molecular complexity index is 725. The van der Waals surface area contributed by atoms with Crippen molar-refractivity contribution in [2.75, 3.05) is 44.3 Å². The molecule has 6 nitrogen and oxygen atoms in total. The van der Waals surface area contributed by atoms with Gasteiger partial charge in [-0.1, -0.05) is 6.07 Å². The Balaban J connectivity index is 1.51. The molecule has 0 aromatic carbocycles. The zero-order chi connectivity index (χ0) is 17.1. The Hall–Kier alpha value is -2.47. The first kappa shape index (κ1) is 16.0. The molecule has 0 bridgehead atoms. The second-order valence-corrected chi connectivity index (χ2v) is 6.87. The highest BCUT2D eigenvalue weighted by Crippen LogP contribution is 2.35. The largest absolute Gasteiger partial charge is 0.379 e. The lowest BCUT2D eigenvalue weighted by Gasteiger charge is -2.32. The number of hydrogen-bond donors (Lipinski definition) is 0. The van der Waals surface area contributed by atoms with Crippen LogP contribution in [-0.4, -0.2) is 60.2 Å². The van der Waals surface area contributed by atoms with Gasteiger partial charge in [0.1, 0.15) is 5.82 Å². The third-order valence-corrected chi connectivity index (χ3v) is 5.07. The Labute approximate surface area is 147 Å². The van der Waals surface area contributed by atoms with E-state index in [1.165, 1.54) is 0 Å². The number of pyridine rings is 2. The quantitative estimate of drug-likeness (QED) is 0.836. The van der Waals surface area contributed by atoms with Gasteiger partial charge in [0.05, 0.1) is 13.2 Å². The minimum atomic E-state index is -0.0310. The van der Waals surface area contributed by atoms with E-state index in [1.807, 2.05) is 29.3 Å². The van der Waals surface area contributed by atoms with Gasteiger partial charge >= 0.3 is 0 Å². The van der Waals surface area contributed by atoms with E-state index in [4.69, 9.17) is 4.74 Å².